The van der Waals surface area contributed by atoms with E-state index in [-0.39, 0.29) is 6.04 Å². The number of primary amides is 1. The molecular formula is C22H24N6O2. The Balaban J connectivity index is 1.58. The van der Waals surface area contributed by atoms with Crippen LogP contribution in [0.25, 0.3) is 22.3 Å². The number of anilines is 1. The van der Waals surface area contributed by atoms with Crippen LogP contribution >= 0.6 is 0 Å². The minimum absolute atomic E-state index is 0.234. The predicted molar refractivity (Wildman–Crippen MR) is 114 cm³/mol. The molecule has 2 fully saturated rings. The summed E-state index contributed by atoms with van der Waals surface area (Å²) in [5.41, 5.74) is 8.60. The van der Waals surface area contributed by atoms with E-state index in [0.29, 0.717) is 28.1 Å². The molecule has 1 aliphatic heterocycles. The molecular weight excluding hydrogens is 380 g/mol. The van der Waals surface area contributed by atoms with E-state index >= 15 is 0 Å². The molecule has 1 saturated carbocycles. The summed E-state index contributed by atoms with van der Waals surface area (Å²) < 4.78 is 0. The van der Waals surface area contributed by atoms with Crippen molar-refractivity contribution in [1.82, 2.24) is 20.3 Å². The average molecular weight is 404 g/mol. The zero-order valence-electron chi connectivity index (χ0n) is 16.6. The molecule has 8 heteroatoms. The minimum Gasteiger partial charge on any atom is -0.385 e. The largest absolute Gasteiger partial charge is 0.385 e. The number of amides is 1. The van der Waals surface area contributed by atoms with Crippen LogP contribution in [0.15, 0.2) is 36.7 Å². The number of aliphatic hydroxyl groups is 1. The fourth-order valence-corrected chi connectivity index (χ4v) is 4.01. The Morgan fingerprint density at radius 3 is 2.67 bits per heavy atom. The summed E-state index contributed by atoms with van der Waals surface area (Å²) in [6.07, 6.45) is 5.12. The average Bonchev–Trinajstić information content (AvgIpc) is 3.52. The van der Waals surface area contributed by atoms with Gasteiger partial charge in [0.2, 0.25) is 0 Å². The lowest BCUT2D eigenvalue weighted by Gasteiger charge is -2.24. The number of benzene rings is 1. The molecule has 0 bridgehead atoms. The van der Waals surface area contributed by atoms with Crippen LogP contribution in [-0.2, 0) is 5.60 Å². The number of carbonyl (C=O) groups excluding carboxylic acids is 1. The second-order valence-corrected chi connectivity index (χ2v) is 8.14. The van der Waals surface area contributed by atoms with E-state index in [1.165, 1.54) is 6.33 Å². The van der Waals surface area contributed by atoms with E-state index in [1.807, 2.05) is 24.3 Å². The van der Waals surface area contributed by atoms with E-state index in [2.05, 4.69) is 20.6 Å². The molecule has 5 N–H and O–H groups in total. The number of aromatic nitrogens is 3. The number of hydrogen-bond donors (Lipinski definition) is 4. The van der Waals surface area contributed by atoms with Crippen molar-refractivity contribution in [2.75, 3.05) is 18.4 Å². The molecule has 2 aromatic heterocycles. The number of piperidine rings is 1. The Bertz CT molecular complexity index is 1100. The van der Waals surface area contributed by atoms with Gasteiger partial charge < -0.3 is 21.5 Å². The molecule has 1 amide bonds. The van der Waals surface area contributed by atoms with Gasteiger partial charge in [0, 0.05) is 18.2 Å². The number of nitrogens with two attached hydrogens (primary N) is 1. The Hall–Kier alpha value is -3.10. The van der Waals surface area contributed by atoms with Crippen LogP contribution in [0.2, 0.25) is 0 Å². The van der Waals surface area contributed by atoms with Gasteiger partial charge in [-0.25, -0.2) is 15.0 Å². The molecule has 0 unspecified atom stereocenters. The summed E-state index contributed by atoms with van der Waals surface area (Å²) in [4.78, 5) is 25.6. The summed E-state index contributed by atoms with van der Waals surface area (Å²) in [5, 5.41) is 17.1. The van der Waals surface area contributed by atoms with Crippen LogP contribution < -0.4 is 16.4 Å². The van der Waals surface area contributed by atoms with Gasteiger partial charge in [-0.2, -0.15) is 0 Å². The Labute approximate surface area is 173 Å². The van der Waals surface area contributed by atoms with Gasteiger partial charge in [0.05, 0.1) is 16.9 Å². The molecule has 0 radical (unpaired) electrons. The lowest BCUT2D eigenvalue weighted by Crippen LogP contribution is -2.38. The van der Waals surface area contributed by atoms with E-state index < -0.39 is 11.5 Å². The zero-order valence-corrected chi connectivity index (χ0v) is 16.6. The van der Waals surface area contributed by atoms with Crippen LogP contribution in [-0.4, -0.2) is 45.1 Å². The molecule has 1 saturated heterocycles. The topological polar surface area (TPSA) is 126 Å². The maximum absolute atomic E-state index is 12.2. The maximum atomic E-state index is 12.2. The molecule has 3 aromatic rings. The van der Waals surface area contributed by atoms with Crippen LogP contribution in [0.4, 0.5) is 5.82 Å². The second-order valence-electron chi connectivity index (χ2n) is 8.14. The molecule has 1 aliphatic carbocycles. The normalized spacial score (nSPS) is 20.1. The minimum atomic E-state index is -0.688. The highest BCUT2D eigenvalue weighted by molar-refractivity contribution is 6.06. The molecule has 5 rings (SSSR count). The number of nitrogens with zero attached hydrogens (tertiary/aromatic N) is 3. The third-order valence-corrected chi connectivity index (χ3v) is 5.94. The first kappa shape index (κ1) is 18.9. The molecule has 1 atom stereocenters. The molecule has 8 nitrogen and oxygen atoms in total. The summed E-state index contributed by atoms with van der Waals surface area (Å²) in [6, 6.07) is 9.54. The summed E-state index contributed by atoms with van der Waals surface area (Å²) in [7, 11) is 0. The standard InChI is InChI=1S/C22H24N6O2/c23-20(29)16-10-17(13-3-5-14(6-4-13)22(30)7-8-22)28-19-18(16)25-12-26-21(19)27-15-2-1-9-24-11-15/h3-6,10,12,15,24,30H,1-2,7-9,11H2,(H2,23,29)(H,25,26,27)/t15-/m0/s1. The Morgan fingerprint density at radius 1 is 1.20 bits per heavy atom. The van der Waals surface area contributed by atoms with Gasteiger partial charge in [0.1, 0.15) is 17.4 Å². The molecule has 30 heavy (non-hydrogen) atoms. The number of nitrogens with one attached hydrogen (secondary N) is 2. The van der Waals surface area contributed by atoms with Crippen LogP contribution in [0.1, 0.15) is 41.6 Å². The quantitative estimate of drug-likeness (QED) is 0.512. The highest BCUT2D eigenvalue weighted by atomic mass is 16.3. The first-order chi connectivity index (χ1) is 14.5. The molecule has 1 aromatic carbocycles. The summed E-state index contributed by atoms with van der Waals surface area (Å²) >= 11 is 0. The van der Waals surface area contributed by atoms with Crippen LogP contribution in [0.3, 0.4) is 0 Å². The van der Waals surface area contributed by atoms with Gasteiger partial charge in [-0.1, -0.05) is 24.3 Å². The summed E-state index contributed by atoms with van der Waals surface area (Å²) in [6.45, 7) is 1.86. The second kappa shape index (κ2) is 7.30. The lowest BCUT2D eigenvalue weighted by atomic mass is 10.0. The van der Waals surface area contributed by atoms with Crippen LogP contribution in [0, 0.1) is 0 Å². The van der Waals surface area contributed by atoms with Gasteiger partial charge in [0.15, 0.2) is 5.82 Å². The number of pyridine rings is 1. The third kappa shape index (κ3) is 3.48. The predicted octanol–water partition coefficient (Wildman–Crippen LogP) is 1.94. The van der Waals surface area contributed by atoms with Gasteiger partial charge in [-0.15, -0.1) is 0 Å². The van der Waals surface area contributed by atoms with Crippen molar-refractivity contribution < 1.29 is 9.90 Å². The smallest absolute Gasteiger partial charge is 0.251 e. The fraction of sp³-hybridized carbons (Fsp3) is 0.364. The van der Waals surface area contributed by atoms with Crippen molar-refractivity contribution in [3.63, 3.8) is 0 Å². The molecule has 2 aliphatic rings. The first-order valence-corrected chi connectivity index (χ1v) is 10.3. The van der Waals surface area contributed by atoms with Crippen molar-refractivity contribution in [2.24, 2.45) is 5.73 Å². The Morgan fingerprint density at radius 2 is 2.00 bits per heavy atom. The monoisotopic (exact) mass is 404 g/mol. The van der Waals surface area contributed by atoms with Gasteiger partial charge >= 0.3 is 0 Å². The van der Waals surface area contributed by atoms with E-state index in [9.17, 15) is 9.90 Å². The lowest BCUT2D eigenvalue weighted by molar-refractivity contribution is 0.100. The van der Waals surface area contributed by atoms with Gasteiger partial charge in [-0.3, -0.25) is 4.79 Å². The van der Waals surface area contributed by atoms with Crippen molar-refractivity contribution in [1.29, 1.82) is 0 Å². The van der Waals surface area contributed by atoms with E-state index in [1.54, 1.807) is 6.07 Å². The van der Waals surface area contributed by atoms with E-state index in [0.717, 1.165) is 49.9 Å². The highest BCUT2D eigenvalue weighted by Crippen LogP contribution is 2.45. The van der Waals surface area contributed by atoms with Crippen molar-refractivity contribution in [3.05, 3.63) is 47.8 Å². The van der Waals surface area contributed by atoms with Crippen LogP contribution in [0.5, 0.6) is 0 Å². The molecule has 0 spiro atoms. The summed E-state index contributed by atoms with van der Waals surface area (Å²) in [5.74, 6) is 0.0403. The number of fused-ring (bicyclic) bond motifs is 1. The molecule has 3 heterocycles. The third-order valence-electron chi connectivity index (χ3n) is 5.94. The highest BCUT2D eigenvalue weighted by Gasteiger charge is 2.41. The van der Waals surface area contributed by atoms with Gasteiger partial charge in [-0.05, 0) is 43.9 Å². The van der Waals surface area contributed by atoms with Crippen molar-refractivity contribution in [3.8, 4) is 11.3 Å². The number of rotatable bonds is 5. The maximum Gasteiger partial charge on any atom is 0.251 e. The van der Waals surface area contributed by atoms with Crippen molar-refractivity contribution >= 4 is 22.8 Å². The van der Waals surface area contributed by atoms with Gasteiger partial charge in [0.25, 0.3) is 5.91 Å². The first-order valence-electron chi connectivity index (χ1n) is 10.3. The number of hydrogen-bond acceptors (Lipinski definition) is 7. The fourth-order valence-electron chi connectivity index (χ4n) is 4.01. The van der Waals surface area contributed by atoms with E-state index in [4.69, 9.17) is 10.7 Å². The Kier molecular flexibility index (Phi) is 4.60. The van der Waals surface area contributed by atoms with Crippen molar-refractivity contribution in [2.45, 2.75) is 37.3 Å². The SMILES string of the molecule is NC(=O)c1cc(-c2ccc(C3(O)CC3)cc2)nc2c(N[C@H]3CCCNC3)ncnc12. The zero-order chi connectivity index (χ0) is 20.7. The molecule has 154 valence electrons. The number of carbonyl (C=O) groups is 1.